The number of ether oxygens (including phenoxy) is 2. The Morgan fingerprint density at radius 1 is 1.24 bits per heavy atom. The maximum absolute atomic E-state index is 5.76. The van der Waals surface area contributed by atoms with Crippen molar-refractivity contribution < 1.29 is 9.47 Å². The van der Waals surface area contributed by atoms with E-state index in [1.807, 2.05) is 0 Å². The number of hydrogen-bond acceptors (Lipinski definition) is 3. The summed E-state index contributed by atoms with van der Waals surface area (Å²) in [6.07, 6.45) is 5.37. The van der Waals surface area contributed by atoms with E-state index in [1.165, 1.54) is 24.8 Å². The number of nitrogens with one attached hydrogen (secondary N) is 1. The number of methoxy groups -OCH3 is 1. The van der Waals surface area contributed by atoms with E-state index in [-0.39, 0.29) is 0 Å². The molecule has 0 bridgehead atoms. The minimum Gasteiger partial charge on any atom is -0.497 e. The molecule has 1 aromatic rings. The van der Waals surface area contributed by atoms with Crippen molar-refractivity contribution in [1.82, 2.24) is 5.32 Å². The molecule has 1 aliphatic heterocycles. The fourth-order valence-electron chi connectivity index (χ4n) is 3.63. The predicted octanol–water partition coefficient (Wildman–Crippen LogP) is 3.35. The summed E-state index contributed by atoms with van der Waals surface area (Å²) < 4.78 is 11.0. The van der Waals surface area contributed by atoms with Gasteiger partial charge in [-0.1, -0.05) is 19.1 Å². The van der Waals surface area contributed by atoms with Gasteiger partial charge in [-0.05, 0) is 55.2 Å². The highest BCUT2D eigenvalue weighted by Crippen LogP contribution is 2.37. The Bertz CT molecular complexity index is 439. The first kappa shape index (κ1) is 14.9. The van der Waals surface area contributed by atoms with Crippen LogP contribution in [0.3, 0.4) is 0 Å². The lowest BCUT2D eigenvalue weighted by atomic mass is 9.75. The van der Waals surface area contributed by atoms with Gasteiger partial charge < -0.3 is 14.8 Å². The highest BCUT2D eigenvalue weighted by atomic mass is 16.5. The zero-order valence-corrected chi connectivity index (χ0v) is 13.2. The molecule has 1 N–H and O–H groups in total. The van der Waals surface area contributed by atoms with Crippen molar-refractivity contribution in [1.29, 1.82) is 0 Å². The molecule has 21 heavy (non-hydrogen) atoms. The van der Waals surface area contributed by atoms with Crippen molar-refractivity contribution >= 4 is 0 Å². The molecular formula is C18H27NO2. The van der Waals surface area contributed by atoms with Crippen molar-refractivity contribution in [3.63, 3.8) is 0 Å². The summed E-state index contributed by atoms with van der Waals surface area (Å²) in [5.41, 5.74) is 1.45. The first-order valence-corrected chi connectivity index (χ1v) is 8.29. The fraction of sp³-hybridized carbons (Fsp3) is 0.667. The third-order valence-electron chi connectivity index (χ3n) is 5.14. The van der Waals surface area contributed by atoms with Crippen molar-refractivity contribution in [3.8, 4) is 5.75 Å². The van der Waals surface area contributed by atoms with E-state index in [0.29, 0.717) is 12.1 Å². The Balaban J connectivity index is 1.41. The number of benzene rings is 1. The van der Waals surface area contributed by atoms with Crippen LogP contribution < -0.4 is 10.1 Å². The van der Waals surface area contributed by atoms with E-state index in [2.05, 4.69) is 36.5 Å². The molecule has 2 fully saturated rings. The van der Waals surface area contributed by atoms with E-state index in [1.54, 1.807) is 7.11 Å². The summed E-state index contributed by atoms with van der Waals surface area (Å²) in [5, 5.41) is 3.74. The summed E-state index contributed by atoms with van der Waals surface area (Å²) >= 11 is 0. The van der Waals surface area contributed by atoms with Gasteiger partial charge in [0.25, 0.3) is 0 Å². The minimum atomic E-state index is 0.481. The summed E-state index contributed by atoms with van der Waals surface area (Å²) in [5.74, 6) is 2.38. The zero-order valence-electron chi connectivity index (χ0n) is 13.2. The molecule has 1 saturated heterocycles. The van der Waals surface area contributed by atoms with Gasteiger partial charge in [0.1, 0.15) is 5.75 Å². The number of rotatable bonds is 6. The molecule has 1 heterocycles. The van der Waals surface area contributed by atoms with E-state index in [9.17, 15) is 0 Å². The van der Waals surface area contributed by atoms with Crippen molar-refractivity contribution in [3.05, 3.63) is 29.8 Å². The molecule has 3 nitrogen and oxygen atoms in total. The van der Waals surface area contributed by atoms with Crippen LogP contribution in [0, 0.1) is 5.92 Å². The highest BCUT2D eigenvalue weighted by Gasteiger charge is 2.32. The molecule has 1 aromatic carbocycles. The third kappa shape index (κ3) is 3.41. The summed E-state index contributed by atoms with van der Waals surface area (Å²) in [4.78, 5) is 0. The molecule has 3 rings (SSSR count). The van der Waals surface area contributed by atoms with Gasteiger partial charge in [0, 0.05) is 19.2 Å². The van der Waals surface area contributed by atoms with Gasteiger partial charge in [-0.15, -0.1) is 0 Å². The molecule has 0 spiro atoms. The van der Waals surface area contributed by atoms with Crippen molar-refractivity contribution in [2.75, 3.05) is 20.3 Å². The quantitative estimate of drug-likeness (QED) is 0.871. The summed E-state index contributed by atoms with van der Waals surface area (Å²) in [6, 6.07) is 9.24. The van der Waals surface area contributed by atoms with Crippen LogP contribution in [0.25, 0.3) is 0 Å². The predicted molar refractivity (Wildman–Crippen MR) is 84.9 cm³/mol. The van der Waals surface area contributed by atoms with Crippen LogP contribution in [-0.2, 0) is 4.74 Å². The van der Waals surface area contributed by atoms with Crippen molar-refractivity contribution in [2.45, 2.75) is 50.7 Å². The molecule has 0 aromatic heterocycles. The first-order chi connectivity index (χ1) is 10.3. The van der Waals surface area contributed by atoms with Gasteiger partial charge in [0.2, 0.25) is 0 Å². The minimum absolute atomic E-state index is 0.481. The largest absolute Gasteiger partial charge is 0.497 e. The molecule has 2 aliphatic rings. The second kappa shape index (κ2) is 6.80. The Morgan fingerprint density at radius 3 is 2.67 bits per heavy atom. The Labute approximate surface area is 128 Å². The number of hydrogen-bond donors (Lipinski definition) is 1. The third-order valence-corrected chi connectivity index (χ3v) is 5.14. The molecule has 3 heteroatoms. The van der Waals surface area contributed by atoms with Gasteiger partial charge in [-0.3, -0.25) is 0 Å². The maximum Gasteiger partial charge on any atom is 0.118 e. The zero-order chi connectivity index (χ0) is 14.7. The lowest BCUT2D eigenvalue weighted by Crippen LogP contribution is -2.43. The van der Waals surface area contributed by atoms with E-state index >= 15 is 0 Å². The monoisotopic (exact) mass is 289 g/mol. The Kier molecular flexibility index (Phi) is 4.81. The highest BCUT2D eigenvalue weighted by molar-refractivity contribution is 5.30. The molecule has 0 radical (unpaired) electrons. The lowest BCUT2D eigenvalue weighted by Gasteiger charge is -2.37. The van der Waals surface area contributed by atoms with E-state index in [4.69, 9.17) is 9.47 Å². The average Bonchev–Trinajstić information content (AvgIpc) is 2.94. The molecule has 2 atom stereocenters. The lowest BCUT2D eigenvalue weighted by molar-refractivity contribution is 0.0853. The molecule has 116 valence electrons. The van der Waals surface area contributed by atoms with Gasteiger partial charge >= 0.3 is 0 Å². The summed E-state index contributed by atoms with van der Waals surface area (Å²) in [6.45, 7) is 4.30. The Hall–Kier alpha value is -1.06. The average molecular weight is 289 g/mol. The van der Waals surface area contributed by atoms with Crippen LogP contribution in [0.1, 0.15) is 44.1 Å². The fourth-order valence-corrected chi connectivity index (χ4v) is 3.63. The second-order valence-corrected chi connectivity index (χ2v) is 6.41. The maximum atomic E-state index is 5.76. The van der Waals surface area contributed by atoms with E-state index < -0.39 is 0 Å². The normalized spacial score (nSPS) is 31.9. The van der Waals surface area contributed by atoms with Gasteiger partial charge in [-0.2, -0.15) is 0 Å². The standard InChI is InChI=1S/C18H27NO2/c1-3-18-14(8-9-21-18)12-19-16-10-15(11-16)13-4-6-17(20-2)7-5-13/h4-7,14-16,18-19H,3,8-12H2,1-2H3. The van der Waals surface area contributed by atoms with E-state index in [0.717, 1.165) is 37.2 Å². The van der Waals surface area contributed by atoms with Crippen LogP contribution in [-0.4, -0.2) is 32.4 Å². The first-order valence-electron chi connectivity index (χ1n) is 8.29. The van der Waals surface area contributed by atoms with Crippen LogP contribution in [0.5, 0.6) is 5.75 Å². The van der Waals surface area contributed by atoms with Gasteiger partial charge in [-0.25, -0.2) is 0 Å². The molecule has 2 unspecified atom stereocenters. The van der Waals surface area contributed by atoms with Crippen LogP contribution in [0.2, 0.25) is 0 Å². The molecule has 1 saturated carbocycles. The molecule has 0 amide bonds. The van der Waals surface area contributed by atoms with Crippen molar-refractivity contribution in [2.24, 2.45) is 5.92 Å². The van der Waals surface area contributed by atoms with Crippen LogP contribution in [0.4, 0.5) is 0 Å². The topological polar surface area (TPSA) is 30.5 Å². The SMILES string of the molecule is CCC1OCCC1CNC1CC(c2ccc(OC)cc2)C1. The molecule has 1 aliphatic carbocycles. The van der Waals surface area contributed by atoms with Crippen LogP contribution in [0.15, 0.2) is 24.3 Å². The summed E-state index contributed by atoms with van der Waals surface area (Å²) in [7, 11) is 1.72. The van der Waals surface area contributed by atoms with Gasteiger partial charge in [0.05, 0.1) is 13.2 Å². The smallest absolute Gasteiger partial charge is 0.118 e. The molecular weight excluding hydrogens is 262 g/mol. The van der Waals surface area contributed by atoms with Gasteiger partial charge in [0.15, 0.2) is 0 Å². The Morgan fingerprint density at radius 2 is 2.00 bits per heavy atom. The second-order valence-electron chi connectivity index (χ2n) is 6.41. The van der Waals surface area contributed by atoms with Crippen LogP contribution >= 0.6 is 0 Å².